The monoisotopic (exact) mass is 425 g/mol. The van der Waals surface area contributed by atoms with Gasteiger partial charge < -0.3 is 15.0 Å². The van der Waals surface area contributed by atoms with Crippen molar-refractivity contribution in [2.45, 2.75) is 13.5 Å². The maximum atomic E-state index is 13.5. The number of ether oxygens (including phenoxy) is 1. The van der Waals surface area contributed by atoms with Crippen LogP contribution in [0.1, 0.15) is 12.7 Å². The fourth-order valence-corrected chi connectivity index (χ4v) is 3.43. The van der Waals surface area contributed by atoms with Gasteiger partial charge in [-0.1, -0.05) is 6.07 Å². The van der Waals surface area contributed by atoms with Crippen molar-refractivity contribution in [3.63, 3.8) is 0 Å². The molecular weight excluding hydrogens is 401 g/mol. The number of halogens is 1. The van der Waals surface area contributed by atoms with Gasteiger partial charge in [0.25, 0.3) is 0 Å². The van der Waals surface area contributed by atoms with E-state index in [1.807, 2.05) is 31.2 Å². The lowest BCUT2D eigenvalue weighted by molar-refractivity contribution is 0.140. The summed E-state index contributed by atoms with van der Waals surface area (Å²) >= 11 is 0. The molecule has 10 heteroatoms. The zero-order valence-corrected chi connectivity index (χ0v) is 17.2. The second-order valence-electron chi connectivity index (χ2n) is 7.14. The third kappa shape index (κ3) is 5.15. The van der Waals surface area contributed by atoms with E-state index in [1.54, 1.807) is 17.0 Å². The molecule has 9 nitrogen and oxygen atoms in total. The molecule has 162 valence electrons. The van der Waals surface area contributed by atoms with Crippen molar-refractivity contribution < 1.29 is 13.9 Å². The average Bonchev–Trinajstić information content (AvgIpc) is 3.24. The number of nitrogens with one attached hydrogen (secondary N) is 1. The van der Waals surface area contributed by atoms with E-state index in [9.17, 15) is 9.18 Å². The maximum absolute atomic E-state index is 13.5. The summed E-state index contributed by atoms with van der Waals surface area (Å²) in [6.07, 6.45) is 0. The van der Waals surface area contributed by atoms with Crippen molar-refractivity contribution in [2.24, 2.45) is 0 Å². The molecule has 1 aliphatic heterocycles. The second kappa shape index (κ2) is 9.52. The largest absolute Gasteiger partial charge is 0.494 e. The first-order chi connectivity index (χ1) is 15.1. The number of aromatic nitrogens is 4. The van der Waals surface area contributed by atoms with Crippen LogP contribution < -0.4 is 10.1 Å². The molecule has 2 amide bonds. The molecule has 1 N–H and O–H groups in total. The number of rotatable bonds is 6. The van der Waals surface area contributed by atoms with E-state index in [0.29, 0.717) is 50.8 Å². The van der Waals surface area contributed by atoms with Crippen LogP contribution >= 0.6 is 0 Å². The zero-order valence-electron chi connectivity index (χ0n) is 17.2. The first kappa shape index (κ1) is 20.7. The van der Waals surface area contributed by atoms with Gasteiger partial charge in [-0.05, 0) is 59.8 Å². The Morgan fingerprint density at radius 1 is 1.13 bits per heavy atom. The first-order valence-electron chi connectivity index (χ1n) is 10.2. The van der Waals surface area contributed by atoms with Gasteiger partial charge in [-0.15, -0.1) is 5.10 Å². The van der Waals surface area contributed by atoms with Crippen LogP contribution in [0, 0.1) is 5.82 Å². The Bertz CT molecular complexity index is 1020. The van der Waals surface area contributed by atoms with Gasteiger partial charge >= 0.3 is 6.03 Å². The molecule has 2 aromatic carbocycles. The van der Waals surface area contributed by atoms with Crippen molar-refractivity contribution >= 4 is 11.7 Å². The van der Waals surface area contributed by atoms with Crippen molar-refractivity contribution in [2.75, 3.05) is 38.1 Å². The topological polar surface area (TPSA) is 88.4 Å². The predicted octanol–water partition coefficient (Wildman–Crippen LogP) is 2.55. The minimum atomic E-state index is -0.342. The van der Waals surface area contributed by atoms with Gasteiger partial charge in [-0.25, -0.2) is 9.18 Å². The highest BCUT2D eigenvalue weighted by Crippen LogP contribution is 2.17. The number of tetrazole rings is 1. The quantitative estimate of drug-likeness (QED) is 0.653. The van der Waals surface area contributed by atoms with Crippen molar-refractivity contribution in [3.05, 3.63) is 60.2 Å². The SMILES string of the molecule is CCOc1ccc(NC(=O)N2CCN(Cc3nnnn3-c3cccc(F)c3)CC2)cc1. The minimum absolute atomic E-state index is 0.131. The fraction of sp³-hybridized carbons (Fsp3) is 0.333. The molecule has 0 radical (unpaired) electrons. The van der Waals surface area contributed by atoms with Gasteiger partial charge in [-0.2, -0.15) is 4.68 Å². The third-order valence-corrected chi connectivity index (χ3v) is 5.03. The molecule has 0 aliphatic carbocycles. The van der Waals surface area contributed by atoms with E-state index < -0.39 is 0 Å². The average molecular weight is 425 g/mol. The number of piperazine rings is 1. The van der Waals surface area contributed by atoms with E-state index in [1.165, 1.54) is 16.8 Å². The van der Waals surface area contributed by atoms with E-state index in [4.69, 9.17) is 4.74 Å². The van der Waals surface area contributed by atoms with Gasteiger partial charge in [0.2, 0.25) is 0 Å². The Morgan fingerprint density at radius 2 is 1.90 bits per heavy atom. The van der Waals surface area contributed by atoms with Gasteiger partial charge in [0.15, 0.2) is 5.82 Å². The summed E-state index contributed by atoms with van der Waals surface area (Å²) < 4.78 is 20.5. The van der Waals surface area contributed by atoms with Crippen LogP contribution in [0.15, 0.2) is 48.5 Å². The number of amides is 2. The van der Waals surface area contributed by atoms with Gasteiger partial charge in [0, 0.05) is 31.9 Å². The zero-order chi connectivity index (χ0) is 21.6. The van der Waals surface area contributed by atoms with Crippen LogP contribution in [0.2, 0.25) is 0 Å². The molecule has 0 bridgehead atoms. The number of nitrogens with zero attached hydrogens (tertiary/aromatic N) is 6. The molecule has 3 aromatic rings. The highest BCUT2D eigenvalue weighted by atomic mass is 19.1. The Balaban J connectivity index is 1.30. The van der Waals surface area contributed by atoms with Crippen LogP contribution in [0.4, 0.5) is 14.9 Å². The summed E-state index contributed by atoms with van der Waals surface area (Å²) in [5, 5.41) is 14.7. The number of urea groups is 1. The molecule has 0 atom stereocenters. The van der Waals surface area contributed by atoms with E-state index in [0.717, 1.165) is 11.4 Å². The lowest BCUT2D eigenvalue weighted by atomic mass is 10.3. The van der Waals surface area contributed by atoms with Crippen molar-refractivity contribution in [1.82, 2.24) is 30.0 Å². The minimum Gasteiger partial charge on any atom is -0.494 e. The van der Waals surface area contributed by atoms with Gasteiger partial charge in [0.1, 0.15) is 11.6 Å². The Labute approximate surface area is 179 Å². The molecule has 0 spiro atoms. The Hall–Kier alpha value is -3.53. The number of benzene rings is 2. The van der Waals surface area contributed by atoms with Gasteiger partial charge in [-0.3, -0.25) is 4.90 Å². The van der Waals surface area contributed by atoms with Gasteiger partial charge in [0.05, 0.1) is 18.8 Å². The predicted molar refractivity (Wildman–Crippen MR) is 113 cm³/mol. The normalized spacial score (nSPS) is 14.5. The summed E-state index contributed by atoms with van der Waals surface area (Å²) in [5.41, 5.74) is 1.30. The molecule has 31 heavy (non-hydrogen) atoms. The van der Waals surface area contributed by atoms with Crippen molar-refractivity contribution in [3.8, 4) is 11.4 Å². The molecule has 1 saturated heterocycles. The molecule has 0 saturated carbocycles. The van der Waals surface area contributed by atoms with Crippen LogP contribution in [-0.2, 0) is 6.54 Å². The van der Waals surface area contributed by atoms with Crippen molar-refractivity contribution in [1.29, 1.82) is 0 Å². The lowest BCUT2D eigenvalue weighted by Crippen LogP contribution is -2.49. The van der Waals surface area contributed by atoms with Crippen LogP contribution in [0.5, 0.6) is 5.75 Å². The van der Waals surface area contributed by atoms with Crippen LogP contribution in [-0.4, -0.2) is 68.8 Å². The fourth-order valence-electron chi connectivity index (χ4n) is 3.43. The molecule has 1 fully saturated rings. The Kier molecular flexibility index (Phi) is 6.37. The maximum Gasteiger partial charge on any atom is 0.321 e. The van der Waals surface area contributed by atoms with E-state index in [2.05, 4.69) is 25.7 Å². The van der Waals surface area contributed by atoms with Crippen LogP contribution in [0.3, 0.4) is 0 Å². The highest BCUT2D eigenvalue weighted by molar-refractivity contribution is 5.89. The summed E-state index contributed by atoms with van der Waals surface area (Å²) in [7, 11) is 0. The molecule has 2 heterocycles. The second-order valence-corrected chi connectivity index (χ2v) is 7.14. The third-order valence-electron chi connectivity index (χ3n) is 5.03. The first-order valence-corrected chi connectivity index (χ1v) is 10.2. The molecule has 1 aliphatic rings. The Morgan fingerprint density at radius 3 is 2.61 bits per heavy atom. The number of hydrogen-bond donors (Lipinski definition) is 1. The van der Waals surface area contributed by atoms with E-state index in [-0.39, 0.29) is 11.8 Å². The smallest absolute Gasteiger partial charge is 0.321 e. The highest BCUT2D eigenvalue weighted by Gasteiger charge is 2.23. The number of carbonyl (C=O) groups excluding carboxylic acids is 1. The lowest BCUT2D eigenvalue weighted by Gasteiger charge is -2.34. The number of hydrogen-bond acceptors (Lipinski definition) is 6. The summed E-state index contributed by atoms with van der Waals surface area (Å²) in [4.78, 5) is 16.5. The standard InChI is InChI=1S/C21H24FN7O2/c1-2-31-19-8-6-17(7-9-19)23-21(30)28-12-10-27(11-13-28)15-20-24-25-26-29(20)18-5-3-4-16(22)14-18/h3-9,14H,2,10-13,15H2,1H3,(H,23,30). The molecule has 4 rings (SSSR count). The molecule has 1 aromatic heterocycles. The van der Waals surface area contributed by atoms with Crippen LogP contribution in [0.25, 0.3) is 5.69 Å². The summed E-state index contributed by atoms with van der Waals surface area (Å²) in [6, 6.07) is 13.3. The number of anilines is 1. The summed E-state index contributed by atoms with van der Waals surface area (Å²) in [5.74, 6) is 1.05. The summed E-state index contributed by atoms with van der Waals surface area (Å²) in [6.45, 7) is 5.59. The molecular formula is C21H24FN7O2. The molecule has 0 unspecified atom stereocenters. The van der Waals surface area contributed by atoms with E-state index >= 15 is 0 Å². The number of carbonyl (C=O) groups is 1.